The standard InChI is InChI=1S/C12H22N2/c1-4-11-6-5-8-14(11)9-7-12(2,3)10-13/h11H,4-9H2,1-3H3. The second kappa shape index (κ2) is 4.79. The Balaban J connectivity index is 2.35. The molecule has 1 aliphatic rings. The summed E-state index contributed by atoms with van der Waals surface area (Å²) in [7, 11) is 0. The molecule has 0 aromatic rings. The fourth-order valence-corrected chi connectivity index (χ4v) is 2.13. The van der Waals surface area contributed by atoms with Crippen molar-refractivity contribution >= 4 is 0 Å². The maximum Gasteiger partial charge on any atom is 0.0684 e. The molecule has 0 aromatic carbocycles. The lowest BCUT2D eigenvalue weighted by molar-refractivity contribution is 0.221. The smallest absolute Gasteiger partial charge is 0.0684 e. The Morgan fingerprint density at radius 2 is 2.21 bits per heavy atom. The minimum Gasteiger partial charge on any atom is -0.300 e. The molecule has 0 N–H and O–H groups in total. The topological polar surface area (TPSA) is 27.0 Å². The first-order valence-electron chi connectivity index (χ1n) is 5.74. The van der Waals surface area contributed by atoms with Crippen LogP contribution in [0.3, 0.4) is 0 Å². The van der Waals surface area contributed by atoms with Crippen molar-refractivity contribution in [3.05, 3.63) is 0 Å². The first-order chi connectivity index (χ1) is 6.59. The van der Waals surface area contributed by atoms with Crippen LogP contribution in [0.5, 0.6) is 0 Å². The Hall–Kier alpha value is -0.550. The highest BCUT2D eigenvalue weighted by Crippen LogP contribution is 2.24. The van der Waals surface area contributed by atoms with Gasteiger partial charge < -0.3 is 4.90 Å². The molecule has 14 heavy (non-hydrogen) atoms. The van der Waals surface area contributed by atoms with Gasteiger partial charge in [-0.25, -0.2) is 0 Å². The van der Waals surface area contributed by atoms with E-state index in [4.69, 9.17) is 5.26 Å². The molecule has 1 unspecified atom stereocenters. The zero-order chi connectivity index (χ0) is 10.6. The summed E-state index contributed by atoms with van der Waals surface area (Å²) in [6.45, 7) is 8.66. The number of likely N-dealkylation sites (tertiary alicyclic amines) is 1. The van der Waals surface area contributed by atoms with Crippen LogP contribution < -0.4 is 0 Å². The zero-order valence-corrected chi connectivity index (χ0v) is 9.71. The molecule has 1 rings (SSSR count). The number of rotatable bonds is 4. The van der Waals surface area contributed by atoms with Crippen LogP contribution in [-0.4, -0.2) is 24.0 Å². The third-order valence-corrected chi connectivity index (χ3v) is 3.30. The normalized spacial score (nSPS) is 23.7. The minimum atomic E-state index is -0.152. The van der Waals surface area contributed by atoms with Crippen LogP contribution in [0.2, 0.25) is 0 Å². The molecule has 0 amide bonds. The van der Waals surface area contributed by atoms with E-state index in [0.29, 0.717) is 0 Å². The van der Waals surface area contributed by atoms with Crippen molar-refractivity contribution in [2.45, 2.75) is 52.5 Å². The molecule has 80 valence electrons. The van der Waals surface area contributed by atoms with E-state index in [2.05, 4.69) is 17.9 Å². The van der Waals surface area contributed by atoms with E-state index in [1.54, 1.807) is 0 Å². The average molecular weight is 194 g/mol. The van der Waals surface area contributed by atoms with Gasteiger partial charge in [0.05, 0.1) is 11.5 Å². The van der Waals surface area contributed by atoms with Gasteiger partial charge in [0.15, 0.2) is 0 Å². The van der Waals surface area contributed by atoms with Gasteiger partial charge in [-0.05, 0) is 52.6 Å². The Labute approximate surface area is 87.9 Å². The predicted molar refractivity (Wildman–Crippen MR) is 58.9 cm³/mol. The highest BCUT2D eigenvalue weighted by Gasteiger charge is 2.25. The van der Waals surface area contributed by atoms with Gasteiger partial charge in [0, 0.05) is 6.04 Å². The van der Waals surface area contributed by atoms with E-state index in [-0.39, 0.29) is 5.41 Å². The molecule has 2 nitrogen and oxygen atoms in total. The van der Waals surface area contributed by atoms with Gasteiger partial charge in [0.1, 0.15) is 0 Å². The van der Waals surface area contributed by atoms with E-state index in [9.17, 15) is 0 Å². The molecule has 0 spiro atoms. The molecular formula is C12H22N2. The van der Waals surface area contributed by atoms with Crippen LogP contribution in [0.1, 0.15) is 46.5 Å². The van der Waals surface area contributed by atoms with Crippen LogP contribution in [0.25, 0.3) is 0 Å². The van der Waals surface area contributed by atoms with Crippen molar-refractivity contribution in [3.63, 3.8) is 0 Å². The summed E-state index contributed by atoms with van der Waals surface area (Å²) >= 11 is 0. The van der Waals surface area contributed by atoms with Gasteiger partial charge in [-0.1, -0.05) is 6.92 Å². The zero-order valence-electron chi connectivity index (χ0n) is 9.71. The lowest BCUT2D eigenvalue weighted by Gasteiger charge is -2.26. The predicted octanol–water partition coefficient (Wildman–Crippen LogP) is 2.80. The molecule has 0 bridgehead atoms. The number of hydrogen-bond donors (Lipinski definition) is 0. The van der Waals surface area contributed by atoms with E-state index < -0.39 is 0 Å². The van der Waals surface area contributed by atoms with Crippen molar-refractivity contribution in [1.29, 1.82) is 5.26 Å². The number of hydrogen-bond acceptors (Lipinski definition) is 2. The number of nitriles is 1. The highest BCUT2D eigenvalue weighted by atomic mass is 15.2. The molecule has 0 saturated carbocycles. The van der Waals surface area contributed by atoms with Crippen molar-refractivity contribution in [2.75, 3.05) is 13.1 Å². The van der Waals surface area contributed by atoms with Crippen molar-refractivity contribution in [3.8, 4) is 6.07 Å². The molecule has 0 radical (unpaired) electrons. The lowest BCUT2D eigenvalue weighted by atomic mass is 9.91. The van der Waals surface area contributed by atoms with Crippen LogP contribution in [0.15, 0.2) is 0 Å². The maximum atomic E-state index is 8.92. The largest absolute Gasteiger partial charge is 0.300 e. The second-order valence-electron chi connectivity index (χ2n) is 4.99. The van der Waals surface area contributed by atoms with Crippen molar-refractivity contribution in [1.82, 2.24) is 4.90 Å². The van der Waals surface area contributed by atoms with Gasteiger partial charge in [-0.2, -0.15) is 5.26 Å². The lowest BCUT2D eigenvalue weighted by Crippen LogP contribution is -2.32. The summed E-state index contributed by atoms with van der Waals surface area (Å²) < 4.78 is 0. The summed E-state index contributed by atoms with van der Waals surface area (Å²) in [6, 6.07) is 3.15. The molecule has 1 saturated heterocycles. The quantitative estimate of drug-likeness (QED) is 0.688. The molecule has 1 heterocycles. The molecule has 0 aromatic heterocycles. The Bertz CT molecular complexity index is 215. The molecule has 2 heteroatoms. The first kappa shape index (κ1) is 11.5. The van der Waals surface area contributed by atoms with E-state index in [0.717, 1.165) is 19.0 Å². The monoisotopic (exact) mass is 194 g/mol. The first-order valence-corrected chi connectivity index (χ1v) is 5.74. The molecule has 1 atom stereocenters. The van der Waals surface area contributed by atoms with Gasteiger partial charge >= 0.3 is 0 Å². The fourth-order valence-electron chi connectivity index (χ4n) is 2.13. The average Bonchev–Trinajstić information content (AvgIpc) is 2.62. The highest BCUT2D eigenvalue weighted by molar-refractivity contribution is 4.93. The molecule has 0 aliphatic carbocycles. The third-order valence-electron chi connectivity index (χ3n) is 3.30. The van der Waals surface area contributed by atoms with Crippen LogP contribution in [-0.2, 0) is 0 Å². The summed E-state index contributed by atoms with van der Waals surface area (Å²) in [4.78, 5) is 2.55. The van der Waals surface area contributed by atoms with E-state index in [1.165, 1.54) is 25.8 Å². The van der Waals surface area contributed by atoms with Crippen molar-refractivity contribution in [2.24, 2.45) is 5.41 Å². The maximum absolute atomic E-state index is 8.92. The molecular weight excluding hydrogens is 172 g/mol. The second-order valence-corrected chi connectivity index (χ2v) is 4.99. The summed E-state index contributed by atoms with van der Waals surface area (Å²) in [5.74, 6) is 0. The number of nitrogens with zero attached hydrogens (tertiary/aromatic N) is 2. The fraction of sp³-hybridized carbons (Fsp3) is 0.917. The Morgan fingerprint density at radius 1 is 1.50 bits per heavy atom. The summed E-state index contributed by atoms with van der Waals surface area (Å²) in [5.41, 5.74) is -0.152. The SMILES string of the molecule is CCC1CCCN1CCC(C)(C)C#N. The molecule has 1 fully saturated rings. The van der Waals surface area contributed by atoms with Crippen LogP contribution in [0, 0.1) is 16.7 Å². The van der Waals surface area contributed by atoms with Gasteiger partial charge in [0.2, 0.25) is 0 Å². The molecule has 1 aliphatic heterocycles. The van der Waals surface area contributed by atoms with Gasteiger partial charge in [-0.15, -0.1) is 0 Å². The summed E-state index contributed by atoms with van der Waals surface area (Å²) in [5, 5.41) is 8.92. The van der Waals surface area contributed by atoms with Crippen molar-refractivity contribution < 1.29 is 0 Å². The van der Waals surface area contributed by atoms with Gasteiger partial charge in [-0.3, -0.25) is 0 Å². The van der Waals surface area contributed by atoms with E-state index >= 15 is 0 Å². The minimum absolute atomic E-state index is 0.152. The van der Waals surface area contributed by atoms with Crippen LogP contribution >= 0.6 is 0 Å². The van der Waals surface area contributed by atoms with E-state index in [1.807, 2.05) is 13.8 Å². The Morgan fingerprint density at radius 3 is 2.79 bits per heavy atom. The third kappa shape index (κ3) is 2.99. The van der Waals surface area contributed by atoms with Gasteiger partial charge in [0.25, 0.3) is 0 Å². The summed E-state index contributed by atoms with van der Waals surface area (Å²) in [6.07, 6.45) is 4.95. The Kier molecular flexibility index (Phi) is 3.95. The van der Waals surface area contributed by atoms with Crippen LogP contribution in [0.4, 0.5) is 0 Å².